The van der Waals surface area contributed by atoms with E-state index in [-0.39, 0.29) is 0 Å². The second-order valence-corrected chi connectivity index (χ2v) is 5.54. The summed E-state index contributed by atoms with van der Waals surface area (Å²) in [5.41, 5.74) is 1.41. The predicted octanol–water partition coefficient (Wildman–Crippen LogP) is 3.29. The minimum absolute atomic E-state index is 0.941. The first-order chi connectivity index (χ1) is 6.74. The summed E-state index contributed by atoms with van der Waals surface area (Å²) in [6.07, 6.45) is 2.76. The first-order valence-electron chi connectivity index (χ1n) is 5.50. The fraction of sp³-hybridized carbons (Fsp3) is 0.667. The number of aryl methyl sites for hydroxylation is 1. The van der Waals surface area contributed by atoms with Crippen molar-refractivity contribution < 1.29 is 0 Å². The molecular weight excluding hydrogens is 190 g/mol. The van der Waals surface area contributed by atoms with E-state index in [1.807, 2.05) is 11.3 Å². The maximum atomic E-state index is 2.59. The van der Waals surface area contributed by atoms with Gasteiger partial charge in [-0.15, -0.1) is 11.3 Å². The number of nitrogens with zero attached hydrogens (tertiary/aromatic N) is 1. The second-order valence-electron chi connectivity index (χ2n) is 4.55. The number of piperidine rings is 1. The zero-order valence-corrected chi connectivity index (χ0v) is 9.94. The van der Waals surface area contributed by atoms with Crippen LogP contribution in [0.3, 0.4) is 0 Å². The van der Waals surface area contributed by atoms with Crippen molar-refractivity contribution in [3.05, 3.63) is 21.9 Å². The van der Waals surface area contributed by atoms with Crippen molar-refractivity contribution >= 4 is 11.3 Å². The van der Waals surface area contributed by atoms with Crippen LogP contribution >= 0.6 is 11.3 Å². The molecule has 1 aliphatic heterocycles. The number of likely N-dealkylation sites (tertiary alicyclic amines) is 1. The van der Waals surface area contributed by atoms with Crippen LogP contribution in [0.15, 0.2) is 11.4 Å². The molecule has 1 saturated heterocycles. The van der Waals surface area contributed by atoms with Crippen LogP contribution in [0.4, 0.5) is 0 Å². The Bertz CT molecular complexity index is 284. The summed E-state index contributed by atoms with van der Waals surface area (Å²) < 4.78 is 0. The van der Waals surface area contributed by atoms with E-state index in [2.05, 4.69) is 30.2 Å². The van der Waals surface area contributed by atoms with Crippen LogP contribution in [0, 0.1) is 12.8 Å². The summed E-state index contributed by atoms with van der Waals surface area (Å²) in [5, 5.41) is 2.25. The Labute approximate surface area is 90.7 Å². The van der Waals surface area contributed by atoms with E-state index >= 15 is 0 Å². The van der Waals surface area contributed by atoms with Gasteiger partial charge in [0.2, 0.25) is 0 Å². The zero-order valence-electron chi connectivity index (χ0n) is 9.12. The van der Waals surface area contributed by atoms with Gasteiger partial charge in [0.25, 0.3) is 0 Å². The molecule has 2 heterocycles. The highest BCUT2D eigenvalue weighted by Crippen LogP contribution is 2.21. The lowest BCUT2D eigenvalue weighted by Crippen LogP contribution is -2.32. The first kappa shape index (κ1) is 10.2. The number of thiophene rings is 1. The molecule has 1 fully saturated rings. The molecule has 1 nitrogen and oxygen atoms in total. The third kappa shape index (κ3) is 2.58. The largest absolute Gasteiger partial charge is 0.298 e. The molecule has 0 aliphatic carbocycles. The molecule has 0 bridgehead atoms. The van der Waals surface area contributed by atoms with Crippen molar-refractivity contribution in [1.82, 2.24) is 4.90 Å². The van der Waals surface area contributed by atoms with Gasteiger partial charge < -0.3 is 0 Å². The van der Waals surface area contributed by atoms with Crippen molar-refractivity contribution in [2.45, 2.75) is 33.2 Å². The highest BCUT2D eigenvalue weighted by Gasteiger charge is 2.15. The molecule has 14 heavy (non-hydrogen) atoms. The molecule has 0 unspecified atom stereocenters. The van der Waals surface area contributed by atoms with Gasteiger partial charge in [0.15, 0.2) is 0 Å². The Morgan fingerprint density at radius 3 is 2.71 bits per heavy atom. The average molecular weight is 209 g/mol. The van der Waals surface area contributed by atoms with Gasteiger partial charge in [0.05, 0.1) is 0 Å². The molecule has 1 aliphatic rings. The van der Waals surface area contributed by atoms with E-state index in [1.54, 1.807) is 0 Å². The third-order valence-electron chi connectivity index (χ3n) is 3.04. The Kier molecular flexibility index (Phi) is 3.24. The maximum Gasteiger partial charge on any atom is 0.0328 e. The molecule has 1 aromatic rings. The van der Waals surface area contributed by atoms with Crippen molar-refractivity contribution in [3.8, 4) is 0 Å². The highest BCUT2D eigenvalue weighted by atomic mass is 32.1. The standard InChI is InChI=1S/C12H19NS/c1-10-3-5-13(6-4-10)8-12-7-11(2)9-14-12/h7,9-10H,3-6,8H2,1-2H3. The van der Waals surface area contributed by atoms with Gasteiger partial charge in [-0.25, -0.2) is 0 Å². The van der Waals surface area contributed by atoms with Crippen LogP contribution in [-0.2, 0) is 6.54 Å². The lowest BCUT2D eigenvalue weighted by molar-refractivity contribution is 0.186. The summed E-state index contributed by atoms with van der Waals surface area (Å²) in [6, 6.07) is 2.32. The van der Waals surface area contributed by atoms with E-state index in [9.17, 15) is 0 Å². The monoisotopic (exact) mass is 209 g/mol. The lowest BCUT2D eigenvalue weighted by atomic mass is 9.99. The molecule has 0 N–H and O–H groups in total. The van der Waals surface area contributed by atoms with Gasteiger partial charge in [0, 0.05) is 11.4 Å². The fourth-order valence-corrected chi connectivity index (χ4v) is 2.93. The van der Waals surface area contributed by atoms with Gasteiger partial charge >= 0.3 is 0 Å². The summed E-state index contributed by atoms with van der Waals surface area (Å²) >= 11 is 1.90. The highest BCUT2D eigenvalue weighted by molar-refractivity contribution is 7.10. The van der Waals surface area contributed by atoms with Crippen LogP contribution in [0.25, 0.3) is 0 Å². The normalized spacial score (nSPS) is 20.1. The number of hydrogen-bond acceptors (Lipinski definition) is 2. The quantitative estimate of drug-likeness (QED) is 0.722. The van der Waals surface area contributed by atoms with Crippen molar-refractivity contribution in [1.29, 1.82) is 0 Å². The Hall–Kier alpha value is -0.340. The summed E-state index contributed by atoms with van der Waals surface area (Å²) in [4.78, 5) is 4.11. The third-order valence-corrected chi connectivity index (χ3v) is 4.08. The Morgan fingerprint density at radius 2 is 2.14 bits per heavy atom. The topological polar surface area (TPSA) is 3.24 Å². The van der Waals surface area contributed by atoms with Gasteiger partial charge in [-0.1, -0.05) is 6.92 Å². The Balaban J connectivity index is 1.86. The minimum Gasteiger partial charge on any atom is -0.298 e. The van der Waals surface area contributed by atoms with Crippen LogP contribution in [0.1, 0.15) is 30.2 Å². The summed E-state index contributed by atoms with van der Waals surface area (Å²) in [5.74, 6) is 0.941. The van der Waals surface area contributed by atoms with Crippen LogP contribution in [-0.4, -0.2) is 18.0 Å². The van der Waals surface area contributed by atoms with E-state index in [4.69, 9.17) is 0 Å². The molecule has 2 heteroatoms. The zero-order chi connectivity index (χ0) is 9.97. The van der Waals surface area contributed by atoms with Crippen LogP contribution in [0.2, 0.25) is 0 Å². The molecule has 0 amide bonds. The molecule has 0 aromatic carbocycles. The first-order valence-corrected chi connectivity index (χ1v) is 6.38. The van der Waals surface area contributed by atoms with Gasteiger partial charge in [-0.2, -0.15) is 0 Å². The number of rotatable bonds is 2. The second kappa shape index (κ2) is 4.45. The molecule has 2 rings (SSSR count). The predicted molar refractivity (Wildman–Crippen MR) is 62.7 cm³/mol. The molecule has 1 aromatic heterocycles. The van der Waals surface area contributed by atoms with Crippen molar-refractivity contribution in [2.24, 2.45) is 5.92 Å². The fourth-order valence-electron chi connectivity index (χ4n) is 2.01. The van der Waals surface area contributed by atoms with Crippen LogP contribution in [0.5, 0.6) is 0 Å². The number of hydrogen-bond donors (Lipinski definition) is 0. The Morgan fingerprint density at radius 1 is 1.43 bits per heavy atom. The van der Waals surface area contributed by atoms with E-state index < -0.39 is 0 Å². The van der Waals surface area contributed by atoms with Gasteiger partial charge in [-0.05, 0) is 55.8 Å². The van der Waals surface area contributed by atoms with Gasteiger partial charge in [-0.3, -0.25) is 4.90 Å². The van der Waals surface area contributed by atoms with Crippen molar-refractivity contribution in [3.63, 3.8) is 0 Å². The van der Waals surface area contributed by atoms with E-state index in [1.165, 1.54) is 42.9 Å². The maximum absolute atomic E-state index is 2.59. The molecule has 0 saturated carbocycles. The van der Waals surface area contributed by atoms with E-state index in [0.29, 0.717) is 0 Å². The molecule has 78 valence electrons. The molecular formula is C12H19NS. The van der Waals surface area contributed by atoms with Crippen LogP contribution < -0.4 is 0 Å². The average Bonchev–Trinajstić information content (AvgIpc) is 2.56. The lowest BCUT2D eigenvalue weighted by Gasteiger charge is -2.29. The molecule has 0 radical (unpaired) electrons. The van der Waals surface area contributed by atoms with Gasteiger partial charge in [0.1, 0.15) is 0 Å². The SMILES string of the molecule is Cc1csc(CN2CCC(C)CC2)c1. The summed E-state index contributed by atoms with van der Waals surface area (Å²) in [6.45, 7) is 8.30. The smallest absolute Gasteiger partial charge is 0.0328 e. The van der Waals surface area contributed by atoms with E-state index in [0.717, 1.165) is 5.92 Å². The van der Waals surface area contributed by atoms with Crippen molar-refractivity contribution in [2.75, 3.05) is 13.1 Å². The summed E-state index contributed by atoms with van der Waals surface area (Å²) in [7, 11) is 0. The molecule has 0 atom stereocenters. The molecule has 0 spiro atoms. The minimum atomic E-state index is 0.941.